The van der Waals surface area contributed by atoms with Crippen molar-refractivity contribution in [2.45, 2.75) is 4.90 Å². The predicted molar refractivity (Wildman–Crippen MR) is 109 cm³/mol. The molecule has 0 N–H and O–H groups in total. The summed E-state index contributed by atoms with van der Waals surface area (Å²) in [5, 5.41) is 3.87. The Morgan fingerprint density at radius 1 is 1.03 bits per heavy atom. The van der Waals surface area contributed by atoms with E-state index in [1.165, 1.54) is 4.31 Å². The van der Waals surface area contributed by atoms with Crippen molar-refractivity contribution in [2.24, 2.45) is 0 Å². The van der Waals surface area contributed by atoms with Crippen LogP contribution in [0.2, 0.25) is 0 Å². The summed E-state index contributed by atoms with van der Waals surface area (Å²) in [5.41, 5.74) is 0.969. The van der Waals surface area contributed by atoms with Crippen LogP contribution in [-0.2, 0) is 10.0 Å². The van der Waals surface area contributed by atoms with E-state index >= 15 is 0 Å². The van der Waals surface area contributed by atoms with Crippen LogP contribution in [0.15, 0.2) is 68.7 Å². The van der Waals surface area contributed by atoms with E-state index in [-0.39, 0.29) is 42.7 Å². The number of halogens is 1. The Morgan fingerprint density at radius 2 is 1.76 bits per heavy atom. The van der Waals surface area contributed by atoms with Gasteiger partial charge in [0.1, 0.15) is 0 Å². The van der Waals surface area contributed by atoms with E-state index < -0.39 is 10.0 Å². The van der Waals surface area contributed by atoms with Crippen LogP contribution in [0.1, 0.15) is 10.5 Å². The van der Waals surface area contributed by atoms with E-state index in [2.05, 4.69) is 26.1 Å². The first kappa shape index (κ1) is 19.7. The molecule has 0 aliphatic carbocycles. The van der Waals surface area contributed by atoms with E-state index in [1.54, 1.807) is 59.8 Å². The SMILES string of the molecule is O=C(c1cc(-c2ccncc2)on1)N1CCN(S(=O)(=O)c2cccc(Br)c2)CC1. The summed E-state index contributed by atoms with van der Waals surface area (Å²) in [6.07, 6.45) is 3.26. The van der Waals surface area contributed by atoms with Crippen molar-refractivity contribution in [3.8, 4) is 11.3 Å². The van der Waals surface area contributed by atoms with Crippen LogP contribution in [0.3, 0.4) is 0 Å². The van der Waals surface area contributed by atoms with Gasteiger partial charge in [0.2, 0.25) is 10.0 Å². The number of carbonyl (C=O) groups is 1. The lowest BCUT2D eigenvalue weighted by Gasteiger charge is -2.33. The van der Waals surface area contributed by atoms with Crippen LogP contribution in [0, 0.1) is 0 Å². The maximum Gasteiger partial charge on any atom is 0.276 e. The fourth-order valence-electron chi connectivity index (χ4n) is 3.10. The molecule has 0 spiro atoms. The summed E-state index contributed by atoms with van der Waals surface area (Å²) < 4.78 is 33.0. The molecule has 0 atom stereocenters. The average Bonchev–Trinajstić information content (AvgIpc) is 3.24. The molecule has 1 aromatic carbocycles. The number of amides is 1. The normalized spacial score (nSPS) is 15.4. The van der Waals surface area contributed by atoms with E-state index in [1.807, 2.05) is 0 Å². The van der Waals surface area contributed by atoms with Gasteiger partial charge >= 0.3 is 0 Å². The smallest absolute Gasteiger partial charge is 0.276 e. The highest BCUT2D eigenvalue weighted by molar-refractivity contribution is 9.10. The zero-order chi connectivity index (χ0) is 20.4. The van der Waals surface area contributed by atoms with E-state index in [9.17, 15) is 13.2 Å². The number of aromatic nitrogens is 2. The molecule has 1 aliphatic rings. The molecule has 1 aliphatic heterocycles. The van der Waals surface area contributed by atoms with Crippen molar-refractivity contribution < 1.29 is 17.7 Å². The molecule has 8 nitrogen and oxygen atoms in total. The highest BCUT2D eigenvalue weighted by Crippen LogP contribution is 2.23. The summed E-state index contributed by atoms with van der Waals surface area (Å²) >= 11 is 3.30. The third kappa shape index (κ3) is 4.09. The number of rotatable bonds is 4. The highest BCUT2D eigenvalue weighted by atomic mass is 79.9. The van der Waals surface area contributed by atoms with Crippen molar-refractivity contribution in [1.82, 2.24) is 19.3 Å². The lowest BCUT2D eigenvalue weighted by Crippen LogP contribution is -2.50. The van der Waals surface area contributed by atoms with Crippen LogP contribution in [0.4, 0.5) is 0 Å². The van der Waals surface area contributed by atoms with Crippen LogP contribution in [0.25, 0.3) is 11.3 Å². The summed E-state index contributed by atoms with van der Waals surface area (Å²) in [6.45, 7) is 0.998. The molecule has 3 heterocycles. The second kappa shape index (κ2) is 8.05. The summed E-state index contributed by atoms with van der Waals surface area (Å²) in [4.78, 5) is 18.5. The lowest BCUT2D eigenvalue weighted by atomic mass is 10.2. The van der Waals surface area contributed by atoms with Crippen LogP contribution < -0.4 is 0 Å². The Balaban J connectivity index is 1.43. The number of nitrogens with zero attached hydrogens (tertiary/aromatic N) is 4. The van der Waals surface area contributed by atoms with Crippen molar-refractivity contribution in [2.75, 3.05) is 26.2 Å². The van der Waals surface area contributed by atoms with Gasteiger partial charge in [0, 0.05) is 54.7 Å². The van der Waals surface area contributed by atoms with E-state index in [0.29, 0.717) is 10.2 Å². The zero-order valence-corrected chi connectivity index (χ0v) is 17.6. The minimum absolute atomic E-state index is 0.195. The van der Waals surface area contributed by atoms with Crippen molar-refractivity contribution in [3.63, 3.8) is 0 Å². The number of sulfonamides is 1. The molecule has 29 heavy (non-hydrogen) atoms. The third-order valence-electron chi connectivity index (χ3n) is 4.65. The molecular formula is C19H17BrN4O4S. The molecule has 150 valence electrons. The number of benzene rings is 1. The van der Waals surface area contributed by atoms with Crippen molar-refractivity contribution in [1.29, 1.82) is 0 Å². The molecule has 0 radical (unpaired) electrons. The first-order chi connectivity index (χ1) is 13.9. The molecule has 0 bridgehead atoms. The van der Waals surface area contributed by atoms with Gasteiger partial charge < -0.3 is 9.42 Å². The number of piperazine rings is 1. The standard InChI is InChI=1S/C19H17BrN4O4S/c20-15-2-1-3-16(12-15)29(26,27)24-10-8-23(9-11-24)19(25)17-13-18(28-22-17)14-4-6-21-7-5-14/h1-7,12-13H,8-11H2. The molecule has 10 heteroatoms. The van der Waals surface area contributed by atoms with Crippen LogP contribution in [-0.4, -0.2) is 59.8 Å². The van der Waals surface area contributed by atoms with E-state index in [4.69, 9.17) is 4.52 Å². The van der Waals surface area contributed by atoms with Crippen molar-refractivity contribution in [3.05, 3.63) is 65.0 Å². The third-order valence-corrected chi connectivity index (χ3v) is 7.04. The van der Waals surface area contributed by atoms with Gasteiger partial charge in [-0.05, 0) is 30.3 Å². The number of hydrogen-bond donors (Lipinski definition) is 0. The second-order valence-corrected chi connectivity index (χ2v) is 9.32. The fraction of sp³-hybridized carbons (Fsp3) is 0.211. The summed E-state index contributed by atoms with van der Waals surface area (Å²) in [7, 11) is -3.60. The Kier molecular flexibility index (Phi) is 5.48. The maximum absolute atomic E-state index is 12.8. The number of carbonyl (C=O) groups excluding carboxylic acids is 1. The maximum atomic E-state index is 12.8. The molecule has 1 amide bonds. The molecule has 3 aromatic rings. The monoisotopic (exact) mass is 476 g/mol. The zero-order valence-electron chi connectivity index (χ0n) is 15.2. The molecule has 0 unspecified atom stereocenters. The number of pyridine rings is 1. The number of hydrogen-bond acceptors (Lipinski definition) is 6. The van der Waals surface area contributed by atoms with Gasteiger partial charge in [-0.3, -0.25) is 9.78 Å². The van der Waals surface area contributed by atoms with E-state index in [0.717, 1.165) is 5.56 Å². The molecule has 0 saturated carbocycles. The van der Waals surface area contributed by atoms with Gasteiger partial charge in [-0.25, -0.2) is 8.42 Å². The minimum Gasteiger partial charge on any atom is -0.355 e. The fourth-order valence-corrected chi connectivity index (χ4v) is 5.12. The second-order valence-electron chi connectivity index (χ2n) is 6.47. The molecule has 1 saturated heterocycles. The van der Waals surface area contributed by atoms with Gasteiger partial charge in [-0.1, -0.05) is 27.2 Å². The Morgan fingerprint density at radius 3 is 2.45 bits per heavy atom. The molecule has 4 rings (SSSR count). The quantitative estimate of drug-likeness (QED) is 0.574. The summed E-state index contributed by atoms with van der Waals surface area (Å²) in [6, 6.07) is 11.7. The largest absolute Gasteiger partial charge is 0.355 e. The lowest BCUT2D eigenvalue weighted by molar-refractivity contribution is 0.0687. The van der Waals surface area contributed by atoms with Gasteiger partial charge in [-0.15, -0.1) is 0 Å². The predicted octanol–water partition coefficient (Wildman–Crippen LogP) is 2.65. The Hall–Kier alpha value is -2.56. The molecular weight excluding hydrogens is 460 g/mol. The molecule has 1 fully saturated rings. The average molecular weight is 477 g/mol. The van der Waals surface area contributed by atoms with Gasteiger partial charge in [0.05, 0.1) is 4.90 Å². The van der Waals surface area contributed by atoms with Gasteiger partial charge in [0.15, 0.2) is 11.5 Å². The van der Waals surface area contributed by atoms with Crippen molar-refractivity contribution >= 4 is 31.9 Å². The summed E-state index contributed by atoms with van der Waals surface area (Å²) in [5.74, 6) is 0.195. The highest BCUT2D eigenvalue weighted by Gasteiger charge is 2.31. The first-order valence-corrected chi connectivity index (χ1v) is 11.1. The Labute approximate surface area is 176 Å². The van der Waals surface area contributed by atoms with Crippen LogP contribution >= 0.6 is 15.9 Å². The topological polar surface area (TPSA) is 96.6 Å². The van der Waals surface area contributed by atoms with Gasteiger partial charge in [-0.2, -0.15) is 4.31 Å². The van der Waals surface area contributed by atoms with Gasteiger partial charge in [0.25, 0.3) is 5.91 Å². The van der Waals surface area contributed by atoms with Crippen LogP contribution in [0.5, 0.6) is 0 Å². The minimum atomic E-state index is -3.60. The molecule has 2 aromatic heterocycles. The first-order valence-electron chi connectivity index (χ1n) is 8.87. The Bertz CT molecular complexity index is 1130.